The molecule has 1 heterocycles. The molecule has 140 valence electrons. The summed E-state index contributed by atoms with van der Waals surface area (Å²) in [6.45, 7) is 13.3. The third kappa shape index (κ3) is 7.65. The van der Waals surface area contributed by atoms with Crippen molar-refractivity contribution < 1.29 is 0 Å². The summed E-state index contributed by atoms with van der Waals surface area (Å²) in [5.41, 5.74) is 0. The van der Waals surface area contributed by atoms with Gasteiger partial charge in [0.05, 0.1) is 6.34 Å². The Hall–Kier alpha value is -1.10. The third-order valence-electron chi connectivity index (χ3n) is 4.43. The van der Waals surface area contributed by atoms with Gasteiger partial charge in [0.25, 0.3) is 0 Å². The molecule has 0 aromatic carbocycles. The lowest BCUT2D eigenvalue weighted by Gasteiger charge is -2.32. The second kappa shape index (κ2) is 13.2. The third-order valence-corrected chi connectivity index (χ3v) is 4.43. The van der Waals surface area contributed by atoms with Crippen LogP contribution in [0.25, 0.3) is 0 Å². The lowest BCUT2D eigenvalue weighted by Crippen LogP contribution is -2.47. The van der Waals surface area contributed by atoms with Gasteiger partial charge in [-0.25, -0.2) is 9.98 Å². The molecule has 0 aliphatic carbocycles. The zero-order valence-corrected chi connectivity index (χ0v) is 16.4. The van der Waals surface area contributed by atoms with Crippen LogP contribution < -0.4 is 5.32 Å². The van der Waals surface area contributed by atoms with Crippen molar-refractivity contribution in [1.29, 1.82) is 0 Å². The summed E-state index contributed by atoms with van der Waals surface area (Å²) in [5, 5.41) is 3.29. The lowest BCUT2D eigenvalue weighted by atomic mass is 10.2. The van der Waals surface area contributed by atoms with Gasteiger partial charge in [-0.3, -0.25) is 4.90 Å². The fraction of sp³-hybridized carbons (Fsp3) is 0.895. The monoisotopic (exact) mass is 337 g/mol. The number of hydrogen-bond donors (Lipinski definition) is 1. The van der Waals surface area contributed by atoms with E-state index in [1.807, 2.05) is 6.34 Å². The lowest BCUT2D eigenvalue weighted by molar-refractivity contribution is 0.197. The number of unbranched alkanes of at least 4 members (excludes halogenated alkanes) is 4. The van der Waals surface area contributed by atoms with Crippen LogP contribution in [0.2, 0.25) is 0 Å². The predicted octanol–water partition coefficient (Wildman–Crippen LogP) is 4.06. The van der Waals surface area contributed by atoms with E-state index in [9.17, 15) is 0 Å². The highest BCUT2D eigenvalue weighted by Gasteiger charge is 2.21. The predicted molar refractivity (Wildman–Crippen MR) is 106 cm³/mol. The highest BCUT2D eigenvalue weighted by atomic mass is 15.4. The summed E-state index contributed by atoms with van der Waals surface area (Å²) in [6, 6.07) is 0. The molecule has 0 aromatic rings. The van der Waals surface area contributed by atoms with E-state index in [1.165, 1.54) is 51.4 Å². The molecule has 1 rings (SSSR count). The Kier molecular flexibility index (Phi) is 11.5. The summed E-state index contributed by atoms with van der Waals surface area (Å²) in [4.78, 5) is 14.4. The minimum atomic E-state index is -0.0508. The summed E-state index contributed by atoms with van der Waals surface area (Å²) in [6.07, 6.45) is 11.5. The molecule has 1 unspecified atom stereocenters. The van der Waals surface area contributed by atoms with Gasteiger partial charge in [-0.2, -0.15) is 0 Å². The van der Waals surface area contributed by atoms with Crippen LogP contribution in [-0.4, -0.2) is 54.6 Å². The highest BCUT2D eigenvalue weighted by Crippen LogP contribution is 2.11. The fourth-order valence-electron chi connectivity index (χ4n) is 2.78. The van der Waals surface area contributed by atoms with Crippen LogP contribution >= 0.6 is 0 Å². The van der Waals surface area contributed by atoms with Crippen LogP contribution in [0.15, 0.2) is 9.98 Å². The summed E-state index contributed by atoms with van der Waals surface area (Å²) in [5.74, 6) is 1.01. The molecule has 0 bridgehead atoms. The zero-order valence-electron chi connectivity index (χ0n) is 16.4. The molecule has 0 fully saturated rings. The molecule has 0 aromatic heterocycles. The Labute approximate surface area is 149 Å². The number of rotatable bonds is 13. The number of hydrogen-bond acceptors (Lipinski definition) is 5. The largest absolute Gasteiger partial charge is 0.343 e. The number of nitrogens with one attached hydrogen (secondary N) is 1. The van der Waals surface area contributed by atoms with Crippen LogP contribution in [0.3, 0.4) is 0 Å². The first-order valence-corrected chi connectivity index (χ1v) is 10.1. The Bertz CT molecular complexity index is 351. The normalized spacial score (nSPS) is 17.0. The standard InChI is InChI=1S/C19H39N5/c1-5-9-13-23(14-10-6-2)18-20-17-21-19(22-18)24(15-11-7-3)16-12-8-4/h17-18H,5-16H2,1-4H3,(H,20,21,22). The van der Waals surface area contributed by atoms with E-state index in [0.29, 0.717) is 0 Å². The molecule has 0 saturated heterocycles. The van der Waals surface area contributed by atoms with Gasteiger partial charge in [0.15, 0.2) is 0 Å². The van der Waals surface area contributed by atoms with Crippen LogP contribution in [0.5, 0.6) is 0 Å². The topological polar surface area (TPSA) is 43.2 Å². The van der Waals surface area contributed by atoms with E-state index >= 15 is 0 Å². The van der Waals surface area contributed by atoms with Crippen molar-refractivity contribution in [2.45, 2.75) is 85.4 Å². The van der Waals surface area contributed by atoms with E-state index < -0.39 is 0 Å². The average molecular weight is 338 g/mol. The molecule has 24 heavy (non-hydrogen) atoms. The Balaban J connectivity index is 2.77. The summed E-state index contributed by atoms with van der Waals surface area (Å²) < 4.78 is 0. The molecular weight excluding hydrogens is 298 g/mol. The van der Waals surface area contributed by atoms with Gasteiger partial charge >= 0.3 is 0 Å². The first-order valence-electron chi connectivity index (χ1n) is 10.1. The summed E-state index contributed by atoms with van der Waals surface area (Å²) in [7, 11) is 0. The number of nitrogens with zero attached hydrogens (tertiary/aromatic N) is 4. The maximum Gasteiger partial charge on any atom is 0.202 e. The molecule has 1 aliphatic rings. The van der Waals surface area contributed by atoms with E-state index in [0.717, 1.165) is 32.1 Å². The van der Waals surface area contributed by atoms with Crippen molar-refractivity contribution >= 4 is 12.3 Å². The molecule has 5 heteroatoms. The number of guanidine groups is 1. The van der Waals surface area contributed by atoms with Gasteiger partial charge in [-0.05, 0) is 25.7 Å². The SMILES string of the molecule is CCCCN(CCCC)C1=NC(N(CCCC)CCCC)N=CN1. The van der Waals surface area contributed by atoms with E-state index in [-0.39, 0.29) is 6.29 Å². The maximum absolute atomic E-state index is 4.95. The minimum absolute atomic E-state index is 0.0508. The van der Waals surface area contributed by atoms with Crippen molar-refractivity contribution in [3.05, 3.63) is 0 Å². The van der Waals surface area contributed by atoms with Crippen molar-refractivity contribution in [3.63, 3.8) is 0 Å². The molecule has 1 aliphatic heterocycles. The van der Waals surface area contributed by atoms with Gasteiger partial charge in [-0.1, -0.05) is 53.4 Å². The van der Waals surface area contributed by atoms with Crippen LogP contribution in [-0.2, 0) is 0 Å². The van der Waals surface area contributed by atoms with Crippen LogP contribution in [0, 0.1) is 0 Å². The Morgan fingerprint density at radius 1 is 0.833 bits per heavy atom. The molecule has 0 amide bonds. The first-order chi connectivity index (χ1) is 11.8. The van der Waals surface area contributed by atoms with E-state index in [1.54, 1.807) is 0 Å². The smallest absolute Gasteiger partial charge is 0.202 e. The molecule has 0 radical (unpaired) electrons. The van der Waals surface area contributed by atoms with Crippen molar-refractivity contribution in [3.8, 4) is 0 Å². The molecule has 0 saturated carbocycles. The van der Waals surface area contributed by atoms with Gasteiger partial charge in [0, 0.05) is 26.2 Å². The first kappa shape index (κ1) is 20.9. The van der Waals surface area contributed by atoms with Gasteiger partial charge in [-0.15, -0.1) is 0 Å². The van der Waals surface area contributed by atoms with Crippen LogP contribution in [0.4, 0.5) is 0 Å². The zero-order chi connectivity index (χ0) is 17.6. The Morgan fingerprint density at radius 2 is 1.33 bits per heavy atom. The average Bonchev–Trinajstić information content (AvgIpc) is 2.62. The molecule has 5 nitrogen and oxygen atoms in total. The van der Waals surface area contributed by atoms with Gasteiger partial charge < -0.3 is 10.2 Å². The van der Waals surface area contributed by atoms with Crippen molar-refractivity contribution in [2.24, 2.45) is 9.98 Å². The van der Waals surface area contributed by atoms with E-state index in [4.69, 9.17) is 4.99 Å². The van der Waals surface area contributed by atoms with Crippen molar-refractivity contribution in [1.82, 2.24) is 15.1 Å². The number of aliphatic imine (C=N–C) groups is 2. The van der Waals surface area contributed by atoms with Gasteiger partial charge in [0.1, 0.15) is 0 Å². The maximum atomic E-state index is 4.95. The Morgan fingerprint density at radius 3 is 1.83 bits per heavy atom. The quantitative estimate of drug-likeness (QED) is 0.551. The molecule has 1 atom stereocenters. The van der Waals surface area contributed by atoms with Crippen LogP contribution in [0.1, 0.15) is 79.1 Å². The second-order valence-electron chi connectivity index (χ2n) is 6.66. The molecule has 0 spiro atoms. The minimum Gasteiger partial charge on any atom is -0.343 e. The van der Waals surface area contributed by atoms with Crippen molar-refractivity contribution in [2.75, 3.05) is 26.2 Å². The fourth-order valence-corrected chi connectivity index (χ4v) is 2.78. The summed E-state index contributed by atoms with van der Waals surface area (Å²) >= 11 is 0. The van der Waals surface area contributed by atoms with Gasteiger partial charge in [0.2, 0.25) is 12.2 Å². The molecule has 1 N–H and O–H groups in total. The second-order valence-corrected chi connectivity index (χ2v) is 6.66. The highest BCUT2D eigenvalue weighted by molar-refractivity contribution is 5.91. The molecular formula is C19H39N5. The van der Waals surface area contributed by atoms with E-state index in [2.05, 4.69) is 47.8 Å².